The summed E-state index contributed by atoms with van der Waals surface area (Å²) in [5.41, 5.74) is 1.39. The zero-order valence-corrected chi connectivity index (χ0v) is 20.9. The quantitative estimate of drug-likeness (QED) is 0.324. The minimum Gasteiger partial charge on any atom is -0.487 e. The number of carbonyl (C=O) groups excluding carboxylic acids is 2. The number of esters is 1. The molecule has 3 aromatic carbocycles. The van der Waals surface area contributed by atoms with Gasteiger partial charge in [0.15, 0.2) is 11.5 Å². The Morgan fingerprint density at radius 3 is 2.06 bits per heavy atom. The smallest absolute Gasteiger partial charge is 0.339 e. The van der Waals surface area contributed by atoms with Crippen LogP contribution in [0.3, 0.4) is 0 Å². The topological polar surface area (TPSA) is 65.1 Å². The minimum atomic E-state index is -0.502. The van der Waals surface area contributed by atoms with E-state index in [0.29, 0.717) is 28.4 Å². The molecule has 0 atom stereocenters. The summed E-state index contributed by atoms with van der Waals surface area (Å²) in [4.78, 5) is 26.3. The highest BCUT2D eigenvalue weighted by atomic mass is 16.5. The SMILES string of the molecule is COC(=O)c1ccccc1N(C(C)=O)c1ccc(Oc2ccccc2OC2CCCCCCC2)cc1. The highest BCUT2D eigenvalue weighted by Gasteiger charge is 2.21. The normalized spacial score (nSPS) is 14.3. The molecule has 4 rings (SSSR count). The number of ether oxygens (including phenoxy) is 3. The summed E-state index contributed by atoms with van der Waals surface area (Å²) < 4.78 is 17.5. The molecule has 3 aromatic rings. The van der Waals surface area contributed by atoms with Crippen LogP contribution in [0.25, 0.3) is 0 Å². The van der Waals surface area contributed by atoms with E-state index in [-0.39, 0.29) is 12.0 Å². The summed E-state index contributed by atoms with van der Waals surface area (Å²) in [6.45, 7) is 1.46. The number of hydrogen-bond acceptors (Lipinski definition) is 5. The van der Waals surface area contributed by atoms with E-state index in [1.807, 2.05) is 24.3 Å². The number of anilines is 2. The Morgan fingerprint density at radius 2 is 1.39 bits per heavy atom. The van der Waals surface area contributed by atoms with Crippen LogP contribution in [0.4, 0.5) is 11.4 Å². The molecular weight excluding hydrogens is 454 g/mol. The van der Waals surface area contributed by atoms with Crippen molar-refractivity contribution in [3.63, 3.8) is 0 Å². The standard InChI is InChI=1S/C30H33NO5/c1-22(32)31(27-15-9-8-14-26(27)30(33)34-2)23-18-20-25(21-19-23)36-29-17-11-10-16-28(29)35-24-12-6-4-3-5-7-13-24/h8-11,14-21,24H,3-7,12-13H2,1-2H3. The van der Waals surface area contributed by atoms with Crippen LogP contribution in [0.1, 0.15) is 62.2 Å². The summed E-state index contributed by atoms with van der Waals surface area (Å²) in [5.74, 6) is 1.30. The van der Waals surface area contributed by atoms with Gasteiger partial charge in [-0.25, -0.2) is 4.79 Å². The maximum atomic E-state index is 12.6. The number of para-hydroxylation sites is 3. The van der Waals surface area contributed by atoms with Gasteiger partial charge in [-0.2, -0.15) is 0 Å². The molecule has 1 saturated carbocycles. The lowest BCUT2D eigenvalue weighted by atomic mass is 9.98. The zero-order valence-electron chi connectivity index (χ0n) is 20.9. The van der Waals surface area contributed by atoms with Crippen molar-refractivity contribution in [2.75, 3.05) is 12.0 Å². The van der Waals surface area contributed by atoms with Gasteiger partial charge in [-0.05, 0) is 74.2 Å². The van der Waals surface area contributed by atoms with Gasteiger partial charge in [0.25, 0.3) is 0 Å². The van der Waals surface area contributed by atoms with Crippen LogP contribution in [0, 0.1) is 0 Å². The molecule has 0 heterocycles. The van der Waals surface area contributed by atoms with Gasteiger partial charge >= 0.3 is 5.97 Å². The van der Waals surface area contributed by atoms with Crippen molar-refractivity contribution in [3.8, 4) is 17.2 Å². The van der Waals surface area contributed by atoms with E-state index in [1.165, 1.54) is 51.0 Å². The maximum absolute atomic E-state index is 12.6. The summed E-state index contributed by atoms with van der Waals surface area (Å²) in [6.07, 6.45) is 8.58. The highest BCUT2D eigenvalue weighted by Crippen LogP contribution is 2.36. The lowest BCUT2D eigenvalue weighted by Gasteiger charge is -2.24. The van der Waals surface area contributed by atoms with Gasteiger partial charge in [0.05, 0.1) is 24.5 Å². The summed E-state index contributed by atoms with van der Waals surface area (Å²) >= 11 is 0. The lowest BCUT2D eigenvalue weighted by Crippen LogP contribution is -2.25. The number of hydrogen-bond donors (Lipinski definition) is 0. The molecule has 0 N–H and O–H groups in total. The van der Waals surface area contributed by atoms with Gasteiger partial charge in [-0.15, -0.1) is 0 Å². The largest absolute Gasteiger partial charge is 0.487 e. The van der Waals surface area contributed by atoms with Crippen molar-refractivity contribution in [1.29, 1.82) is 0 Å². The molecule has 1 aliphatic carbocycles. The van der Waals surface area contributed by atoms with Gasteiger partial charge in [0, 0.05) is 12.6 Å². The van der Waals surface area contributed by atoms with Crippen LogP contribution < -0.4 is 14.4 Å². The van der Waals surface area contributed by atoms with Gasteiger partial charge in [-0.3, -0.25) is 9.69 Å². The van der Waals surface area contributed by atoms with E-state index in [2.05, 4.69) is 0 Å². The average molecular weight is 488 g/mol. The van der Waals surface area contributed by atoms with E-state index in [4.69, 9.17) is 14.2 Å². The zero-order chi connectivity index (χ0) is 25.3. The second-order valence-corrected chi connectivity index (χ2v) is 8.99. The van der Waals surface area contributed by atoms with Crippen LogP contribution in [0.5, 0.6) is 17.2 Å². The van der Waals surface area contributed by atoms with Crippen LogP contribution in [-0.4, -0.2) is 25.1 Å². The van der Waals surface area contributed by atoms with Gasteiger partial charge in [-0.1, -0.05) is 43.5 Å². The van der Waals surface area contributed by atoms with E-state index in [0.717, 1.165) is 18.6 Å². The molecule has 6 heteroatoms. The van der Waals surface area contributed by atoms with Crippen LogP contribution >= 0.6 is 0 Å². The van der Waals surface area contributed by atoms with Crippen molar-refractivity contribution < 1.29 is 23.8 Å². The van der Waals surface area contributed by atoms with Crippen molar-refractivity contribution in [2.45, 2.75) is 58.0 Å². The Balaban J connectivity index is 1.53. The molecule has 1 amide bonds. The molecule has 0 aliphatic heterocycles. The molecule has 0 aromatic heterocycles. The van der Waals surface area contributed by atoms with Gasteiger partial charge < -0.3 is 14.2 Å². The first-order valence-electron chi connectivity index (χ1n) is 12.6. The number of amides is 1. The number of benzene rings is 3. The molecule has 1 aliphatic rings. The number of rotatable bonds is 7. The number of methoxy groups -OCH3 is 1. The molecule has 0 spiro atoms. The number of carbonyl (C=O) groups is 2. The minimum absolute atomic E-state index is 0.205. The Hall–Kier alpha value is -3.80. The Kier molecular flexibility index (Phi) is 8.61. The predicted octanol–water partition coefficient (Wildman–Crippen LogP) is 7.44. The molecular formula is C30H33NO5. The maximum Gasteiger partial charge on any atom is 0.339 e. The second-order valence-electron chi connectivity index (χ2n) is 8.99. The molecule has 0 radical (unpaired) electrons. The first-order chi connectivity index (χ1) is 17.6. The molecule has 0 saturated heterocycles. The fourth-order valence-electron chi connectivity index (χ4n) is 4.58. The van der Waals surface area contributed by atoms with Crippen LogP contribution in [-0.2, 0) is 9.53 Å². The molecule has 36 heavy (non-hydrogen) atoms. The lowest BCUT2D eigenvalue weighted by molar-refractivity contribution is -0.115. The van der Waals surface area contributed by atoms with E-state index in [1.54, 1.807) is 48.5 Å². The third-order valence-electron chi connectivity index (χ3n) is 6.38. The average Bonchev–Trinajstić information content (AvgIpc) is 2.87. The first-order valence-corrected chi connectivity index (χ1v) is 12.6. The van der Waals surface area contributed by atoms with Crippen molar-refractivity contribution in [2.24, 2.45) is 0 Å². The second kappa shape index (κ2) is 12.2. The Morgan fingerprint density at radius 1 is 0.778 bits per heavy atom. The summed E-state index contributed by atoms with van der Waals surface area (Å²) in [7, 11) is 1.32. The predicted molar refractivity (Wildman–Crippen MR) is 140 cm³/mol. The monoisotopic (exact) mass is 487 g/mol. The fourth-order valence-corrected chi connectivity index (χ4v) is 4.58. The van der Waals surface area contributed by atoms with Gasteiger partial charge in [0.2, 0.25) is 5.91 Å². The molecule has 1 fully saturated rings. The molecule has 188 valence electrons. The van der Waals surface area contributed by atoms with Crippen LogP contribution in [0.15, 0.2) is 72.8 Å². The summed E-state index contributed by atoms with van der Waals surface area (Å²) in [6, 6.07) is 21.8. The van der Waals surface area contributed by atoms with Crippen molar-refractivity contribution in [1.82, 2.24) is 0 Å². The molecule has 6 nitrogen and oxygen atoms in total. The van der Waals surface area contributed by atoms with Crippen LogP contribution in [0.2, 0.25) is 0 Å². The third kappa shape index (κ3) is 6.25. The highest BCUT2D eigenvalue weighted by molar-refractivity contribution is 6.06. The van der Waals surface area contributed by atoms with Crippen molar-refractivity contribution in [3.05, 3.63) is 78.4 Å². The van der Waals surface area contributed by atoms with E-state index < -0.39 is 5.97 Å². The van der Waals surface area contributed by atoms with E-state index >= 15 is 0 Å². The first kappa shape index (κ1) is 25.3. The molecule has 0 bridgehead atoms. The van der Waals surface area contributed by atoms with E-state index in [9.17, 15) is 9.59 Å². The fraction of sp³-hybridized carbons (Fsp3) is 0.333. The van der Waals surface area contributed by atoms with Gasteiger partial charge in [0.1, 0.15) is 5.75 Å². The third-order valence-corrected chi connectivity index (χ3v) is 6.38. The van der Waals surface area contributed by atoms with Crippen molar-refractivity contribution >= 4 is 23.3 Å². The summed E-state index contributed by atoms with van der Waals surface area (Å²) in [5, 5.41) is 0. The Bertz CT molecular complexity index is 1170. The Labute approximate surface area is 212 Å². The molecule has 0 unspecified atom stereocenters. The number of nitrogens with zero attached hydrogens (tertiary/aromatic N) is 1.